The van der Waals surface area contributed by atoms with E-state index in [1.807, 2.05) is 13.8 Å². The Balaban J connectivity index is 1.88. The Morgan fingerprint density at radius 3 is 2.49 bits per heavy atom. The van der Waals surface area contributed by atoms with Crippen molar-refractivity contribution in [1.82, 2.24) is 10.2 Å². The number of aliphatic hydroxyl groups is 3. The van der Waals surface area contributed by atoms with Crippen LogP contribution in [0.1, 0.15) is 37.0 Å². The van der Waals surface area contributed by atoms with Gasteiger partial charge in [-0.1, -0.05) is 19.9 Å². The number of nitrogens with two attached hydrogens (primary N) is 1. The maximum atomic E-state index is 13.8. The van der Waals surface area contributed by atoms with Crippen LogP contribution in [0.5, 0.6) is 5.75 Å². The second kappa shape index (κ2) is 8.70. The lowest BCUT2D eigenvalue weighted by Crippen LogP contribution is -2.73. The van der Waals surface area contributed by atoms with Gasteiger partial charge < -0.3 is 36.4 Å². The fourth-order valence-corrected chi connectivity index (χ4v) is 6.15. The number of carbonyl (C=O) groups is 3. The first-order valence-electron chi connectivity index (χ1n) is 11.8. The number of benzene rings is 1. The van der Waals surface area contributed by atoms with Crippen molar-refractivity contribution in [3.63, 3.8) is 0 Å². The van der Waals surface area contributed by atoms with Crippen LogP contribution in [0.4, 0.5) is 0 Å². The molecule has 0 heterocycles. The summed E-state index contributed by atoms with van der Waals surface area (Å²) in [6.07, 6.45) is -1.11. The lowest BCUT2D eigenvalue weighted by atomic mass is 9.54. The Morgan fingerprint density at radius 2 is 1.91 bits per heavy atom. The molecule has 10 heteroatoms. The number of aromatic hydroxyl groups is 1. The number of hydrogen-bond acceptors (Lipinski definition) is 9. The number of nitrogens with zero attached hydrogens (tertiary/aromatic N) is 1. The number of Topliss-reactive ketones (excluding diaryl/α,β-unsaturated/α-hetero) is 2. The molecule has 7 N–H and O–H groups in total. The van der Waals surface area contributed by atoms with Gasteiger partial charge in [0.15, 0.2) is 11.4 Å². The molecule has 0 aliphatic heterocycles. The summed E-state index contributed by atoms with van der Waals surface area (Å²) in [6.45, 7) is 4.47. The van der Waals surface area contributed by atoms with Gasteiger partial charge in [-0.05, 0) is 50.0 Å². The zero-order valence-electron chi connectivity index (χ0n) is 20.3. The summed E-state index contributed by atoms with van der Waals surface area (Å²) in [5.41, 5.74) is 4.23. The first kappa shape index (κ1) is 25.3. The van der Waals surface area contributed by atoms with Crippen molar-refractivity contribution in [3.8, 4) is 5.75 Å². The first-order chi connectivity index (χ1) is 16.3. The zero-order valence-corrected chi connectivity index (χ0v) is 20.3. The van der Waals surface area contributed by atoms with Crippen LogP contribution in [0.15, 0.2) is 17.7 Å². The highest BCUT2D eigenvalue weighted by Gasteiger charge is 2.67. The van der Waals surface area contributed by atoms with Gasteiger partial charge in [-0.3, -0.25) is 14.4 Å². The standard InChI is InChI=1S/C25H33N3O7/c1-10(2)27-9-11-5-6-15(29)17-13(11)7-12-8-14-19(28(3)4)21(31)18(24(26)34)23(33)25(14,35)22(32)16(12)20(17)30/h5-6,10,12,14,18-19,21,27,29-31,35H,7-9H2,1-4H3,(H2,26,34)/t12-,14-,18?,19-,21?,25-/m0/s1. The summed E-state index contributed by atoms with van der Waals surface area (Å²) in [5, 5.41) is 47.6. The minimum absolute atomic E-state index is 0.102. The molecule has 10 nitrogen and oxygen atoms in total. The highest BCUT2D eigenvalue weighted by Crippen LogP contribution is 2.52. The normalized spacial score (nSPS) is 32.5. The number of nitrogens with one attached hydrogen (secondary N) is 1. The molecule has 0 spiro atoms. The van der Waals surface area contributed by atoms with Crippen LogP contribution in [0.3, 0.4) is 0 Å². The predicted molar refractivity (Wildman–Crippen MR) is 126 cm³/mol. The van der Waals surface area contributed by atoms with Crippen molar-refractivity contribution < 1.29 is 34.8 Å². The maximum absolute atomic E-state index is 13.8. The van der Waals surface area contributed by atoms with Crippen molar-refractivity contribution in [2.75, 3.05) is 14.1 Å². The molecular formula is C25H33N3O7. The van der Waals surface area contributed by atoms with E-state index in [1.165, 1.54) is 6.07 Å². The number of fused-ring (bicyclic) bond motifs is 3. The molecule has 4 rings (SSSR count). The second-order valence-corrected chi connectivity index (χ2v) is 10.4. The van der Waals surface area contributed by atoms with E-state index in [2.05, 4.69) is 5.32 Å². The van der Waals surface area contributed by atoms with Gasteiger partial charge in [-0.2, -0.15) is 0 Å². The lowest BCUT2D eigenvalue weighted by Gasteiger charge is -2.53. The number of phenolic OH excluding ortho intramolecular Hbond substituents is 1. The molecule has 1 aromatic rings. The summed E-state index contributed by atoms with van der Waals surface area (Å²) >= 11 is 0. The van der Waals surface area contributed by atoms with E-state index < -0.39 is 58.7 Å². The molecule has 0 saturated heterocycles. The molecule has 3 aliphatic rings. The third-order valence-corrected chi connectivity index (χ3v) is 7.77. The van der Waals surface area contributed by atoms with Gasteiger partial charge in [0.2, 0.25) is 11.7 Å². The van der Waals surface area contributed by atoms with Gasteiger partial charge >= 0.3 is 0 Å². The SMILES string of the molecule is CC(C)NCc1ccc(O)c2c1C[C@H]1C[C@H]3[C@H](N(C)C)C(O)C(C(N)=O)C(=O)[C@@]3(O)C(=O)C1=C2O. The average molecular weight is 488 g/mol. The molecule has 2 unspecified atom stereocenters. The van der Waals surface area contributed by atoms with E-state index in [4.69, 9.17) is 5.73 Å². The largest absolute Gasteiger partial charge is 0.507 e. The Bertz CT molecular complexity index is 1130. The molecule has 3 aliphatic carbocycles. The van der Waals surface area contributed by atoms with Crippen LogP contribution in [-0.2, 0) is 27.3 Å². The summed E-state index contributed by atoms with van der Waals surface area (Å²) in [6, 6.07) is 2.49. The summed E-state index contributed by atoms with van der Waals surface area (Å²) in [7, 11) is 3.25. The number of amides is 1. The Morgan fingerprint density at radius 1 is 1.26 bits per heavy atom. The van der Waals surface area contributed by atoms with Crippen LogP contribution in [0.25, 0.3) is 5.76 Å². The highest BCUT2D eigenvalue weighted by molar-refractivity contribution is 6.25. The number of carbonyl (C=O) groups excluding carboxylic acids is 3. The summed E-state index contributed by atoms with van der Waals surface area (Å²) < 4.78 is 0. The monoisotopic (exact) mass is 487 g/mol. The van der Waals surface area contributed by atoms with E-state index in [1.54, 1.807) is 25.1 Å². The summed E-state index contributed by atoms with van der Waals surface area (Å²) in [4.78, 5) is 40.7. The van der Waals surface area contributed by atoms with Gasteiger partial charge in [0.25, 0.3) is 0 Å². The summed E-state index contributed by atoms with van der Waals surface area (Å²) in [5.74, 6) is -7.36. The van der Waals surface area contributed by atoms with E-state index in [0.717, 1.165) is 5.56 Å². The topological polar surface area (TPSA) is 173 Å². The van der Waals surface area contributed by atoms with Gasteiger partial charge in [-0.15, -0.1) is 0 Å². The number of rotatable bonds is 5. The minimum Gasteiger partial charge on any atom is -0.507 e. The highest BCUT2D eigenvalue weighted by atomic mass is 16.3. The van der Waals surface area contributed by atoms with Crippen molar-refractivity contribution >= 4 is 23.2 Å². The van der Waals surface area contributed by atoms with Gasteiger partial charge in [0.1, 0.15) is 17.4 Å². The maximum Gasteiger partial charge on any atom is 0.230 e. The Labute approximate surface area is 203 Å². The fourth-order valence-electron chi connectivity index (χ4n) is 6.15. The number of likely N-dealkylation sites (N-methyl/N-ethyl adjacent to an activating group) is 1. The number of hydrogen-bond donors (Lipinski definition) is 6. The van der Waals surface area contributed by atoms with E-state index in [9.17, 15) is 34.8 Å². The minimum atomic E-state index is -2.64. The predicted octanol–water partition coefficient (Wildman–Crippen LogP) is -0.373. The van der Waals surface area contributed by atoms with Crippen LogP contribution < -0.4 is 11.1 Å². The molecular weight excluding hydrogens is 454 g/mol. The van der Waals surface area contributed by atoms with Crippen molar-refractivity contribution in [3.05, 3.63) is 34.4 Å². The number of aliphatic hydroxyl groups excluding tert-OH is 2. The Kier molecular flexibility index (Phi) is 6.29. The zero-order chi connectivity index (χ0) is 26.0. The molecule has 1 amide bonds. The molecule has 35 heavy (non-hydrogen) atoms. The fraction of sp³-hybridized carbons (Fsp3) is 0.560. The van der Waals surface area contributed by atoms with Crippen LogP contribution in [0, 0.1) is 17.8 Å². The van der Waals surface area contributed by atoms with E-state index >= 15 is 0 Å². The third kappa shape index (κ3) is 3.67. The number of primary amides is 1. The van der Waals surface area contributed by atoms with E-state index in [0.29, 0.717) is 18.5 Å². The van der Waals surface area contributed by atoms with Crippen LogP contribution >= 0.6 is 0 Å². The molecule has 190 valence electrons. The van der Waals surface area contributed by atoms with Crippen LogP contribution in [0.2, 0.25) is 0 Å². The molecule has 6 atom stereocenters. The number of phenols is 1. The van der Waals surface area contributed by atoms with E-state index in [-0.39, 0.29) is 29.3 Å². The van der Waals surface area contributed by atoms with Crippen LogP contribution in [-0.4, -0.2) is 80.7 Å². The molecule has 2 fully saturated rings. The first-order valence-corrected chi connectivity index (χ1v) is 11.8. The van der Waals surface area contributed by atoms with Gasteiger partial charge in [-0.25, -0.2) is 0 Å². The second-order valence-electron chi connectivity index (χ2n) is 10.4. The van der Waals surface area contributed by atoms with Crippen molar-refractivity contribution in [2.24, 2.45) is 23.5 Å². The van der Waals surface area contributed by atoms with Crippen molar-refractivity contribution in [2.45, 2.75) is 57.0 Å². The van der Waals surface area contributed by atoms with Gasteiger partial charge in [0.05, 0.1) is 11.7 Å². The third-order valence-electron chi connectivity index (χ3n) is 7.77. The quantitative estimate of drug-likeness (QED) is 0.303. The molecule has 0 bridgehead atoms. The molecule has 0 aromatic heterocycles. The van der Waals surface area contributed by atoms with Gasteiger partial charge in [0, 0.05) is 30.1 Å². The van der Waals surface area contributed by atoms with Crippen molar-refractivity contribution in [1.29, 1.82) is 0 Å². The molecule has 1 aromatic carbocycles. The molecule has 0 radical (unpaired) electrons. The Hall–Kier alpha value is -2.79. The lowest BCUT2D eigenvalue weighted by molar-refractivity contribution is -0.184. The number of ketones is 2. The average Bonchev–Trinajstić information content (AvgIpc) is 2.75. The smallest absolute Gasteiger partial charge is 0.230 e. The molecule has 2 saturated carbocycles.